The smallest absolute Gasteiger partial charge is 0.262 e. The quantitative estimate of drug-likeness (QED) is 0.791. The van der Waals surface area contributed by atoms with E-state index in [1.54, 1.807) is 18.2 Å². The normalized spacial score (nSPS) is 14.6. The molecule has 0 bridgehead atoms. The molecule has 0 amide bonds. The Kier molecular flexibility index (Phi) is 5.47. The first kappa shape index (κ1) is 21.6. The molecule has 1 aliphatic heterocycles. The zero-order chi connectivity index (χ0) is 21.7. The van der Waals surface area contributed by atoms with Crippen molar-refractivity contribution in [3.8, 4) is 0 Å². The molecule has 29 heavy (non-hydrogen) atoms. The summed E-state index contributed by atoms with van der Waals surface area (Å²) >= 11 is 0. The van der Waals surface area contributed by atoms with Crippen LogP contribution in [0.2, 0.25) is 0 Å². The number of nitrogens with zero attached hydrogens (tertiary/aromatic N) is 1. The summed E-state index contributed by atoms with van der Waals surface area (Å²) in [5, 5.41) is 0. The van der Waals surface area contributed by atoms with Crippen LogP contribution < -0.4 is 9.03 Å². The Morgan fingerprint density at radius 1 is 0.862 bits per heavy atom. The zero-order valence-electron chi connectivity index (χ0n) is 17.8. The van der Waals surface area contributed by atoms with Crippen molar-refractivity contribution in [1.29, 1.82) is 0 Å². The van der Waals surface area contributed by atoms with Crippen LogP contribution in [0.15, 0.2) is 23.1 Å². The topological polar surface area (TPSA) is 83.6 Å². The number of aryl methyl sites for hydroxylation is 1. The van der Waals surface area contributed by atoms with E-state index < -0.39 is 20.0 Å². The third-order valence-electron chi connectivity index (χ3n) is 6.01. The van der Waals surface area contributed by atoms with Gasteiger partial charge in [0, 0.05) is 6.54 Å². The molecule has 0 aromatic heterocycles. The van der Waals surface area contributed by atoms with Crippen LogP contribution in [0.25, 0.3) is 0 Å². The van der Waals surface area contributed by atoms with Crippen molar-refractivity contribution in [2.45, 2.75) is 52.4 Å². The number of rotatable bonds is 4. The molecule has 0 fully saturated rings. The zero-order valence-corrected chi connectivity index (χ0v) is 19.4. The number of benzene rings is 2. The maximum absolute atomic E-state index is 13.3. The highest BCUT2D eigenvalue weighted by Crippen LogP contribution is 2.34. The summed E-state index contributed by atoms with van der Waals surface area (Å²) in [4.78, 5) is 0.288. The van der Waals surface area contributed by atoms with Gasteiger partial charge in [0.05, 0.1) is 22.5 Å². The van der Waals surface area contributed by atoms with Crippen molar-refractivity contribution < 1.29 is 16.8 Å². The van der Waals surface area contributed by atoms with Crippen molar-refractivity contribution in [2.24, 2.45) is 0 Å². The van der Waals surface area contributed by atoms with Gasteiger partial charge in [0.15, 0.2) is 0 Å². The summed E-state index contributed by atoms with van der Waals surface area (Å²) in [6, 6.07) is 5.11. The molecule has 0 aliphatic carbocycles. The molecule has 0 saturated carbocycles. The van der Waals surface area contributed by atoms with Crippen molar-refractivity contribution in [2.75, 3.05) is 21.8 Å². The van der Waals surface area contributed by atoms with Crippen molar-refractivity contribution in [3.05, 3.63) is 51.6 Å². The molecule has 6 nitrogen and oxygen atoms in total. The summed E-state index contributed by atoms with van der Waals surface area (Å²) in [6.07, 6.45) is 2.68. The molecule has 158 valence electrons. The van der Waals surface area contributed by atoms with E-state index in [2.05, 4.69) is 4.72 Å². The third-order valence-corrected chi connectivity index (χ3v) is 8.85. The van der Waals surface area contributed by atoms with Gasteiger partial charge in [-0.3, -0.25) is 9.03 Å². The lowest BCUT2D eigenvalue weighted by Gasteiger charge is -2.29. The first-order valence-electron chi connectivity index (χ1n) is 9.55. The number of fused-ring (bicyclic) bond motifs is 1. The van der Waals surface area contributed by atoms with Gasteiger partial charge in [0.1, 0.15) is 0 Å². The minimum Gasteiger partial charge on any atom is -0.280 e. The van der Waals surface area contributed by atoms with Crippen LogP contribution in [0.1, 0.15) is 39.8 Å². The van der Waals surface area contributed by atoms with Crippen LogP contribution in [0.3, 0.4) is 0 Å². The van der Waals surface area contributed by atoms with Crippen LogP contribution in [-0.2, 0) is 26.5 Å². The van der Waals surface area contributed by atoms with Gasteiger partial charge in [-0.05, 0) is 93.0 Å². The van der Waals surface area contributed by atoms with Crippen molar-refractivity contribution in [1.82, 2.24) is 0 Å². The molecule has 0 saturated heterocycles. The van der Waals surface area contributed by atoms with Crippen LogP contribution >= 0.6 is 0 Å². The standard InChI is InChI=1S/C21H28N2O4S2/c1-13-14(2)16(4)21(17(5)15(13)3)29(26,27)22-19-10-9-18-8-7-11-23(20(18)12-19)28(6,24)25/h9-10,12,22H,7-8,11H2,1-6H3. The second kappa shape index (κ2) is 7.32. The Hall–Kier alpha value is -2.06. The maximum Gasteiger partial charge on any atom is 0.262 e. The molecule has 2 aromatic rings. The average Bonchev–Trinajstić information content (AvgIpc) is 2.63. The van der Waals surface area contributed by atoms with Crippen LogP contribution in [0.5, 0.6) is 0 Å². The Morgan fingerprint density at radius 2 is 1.41 bits per heavy atom. The summed E-state index contributed by atoms with van der Waals surface area (Å²) in [7, 11) is -7.26. The van der Waals surface area contributed by atoms with Gasteiger partial charge < -0.3 is 0 Å². The van der Waals surface area contributed by atoms with Crippen molar-refractivity contribution in [3.63, 3.8) is 0 Å². The summed E-state index contributed by atoms with van der Waals surface area (Å²) in [6.45, 7) is 9.90. The van der Waals surface area contributed by atoms with Gasteiger partial charge in [0.25, 0.3) is 10.0 Å². The molecule has 0 radical (unpaired) electrons. The van der Waals surface area contributed by atoms with E-state index in [0.29, 0.717) is 17.9 Å². The molecule has 1 heterocycles. The van der Waals surface area contributed by atoms with E-state index >= 15 is 0 Å². The summed E-state index contributed by atoms with van der Waals surface area (Å²) < 4.78 is 54.8. The van der Waals surface area contributed by atoms with Gasteiger partial charge in [-0.25, -0.2) is 16.8 Å². The molecule has 1 aliphatic rings. The minimum absolute atomic E-state index is 0.288. The van der Waals surface area contributed by atoms with Gasteiger partial charge in [-0.1, -0.05) is 6.07 Å². The van der Waals surface area contributed by atoms with E-state index in [0.717, 1.165) is 46.2 Å². The predicted molar refractivity (Wildman–Crippen MR) is 118 cm³/mol. The molecule has 0 atom stereocenters. The van der Waals surface area contributed by atoms with Gasteiger partial charge in [-0.2, -0.15) is 0 Å². The summed E-state index contributed by atoms with van der Waals surface area (Å²) in [5.41, 5.74) is 6.28. The fourth-order valence-electron chi connectivity index (χ4n) is 4.02. The third kappa shape index (κ3) is 3.88. The Labute approximate surface area is 174 Å². The SMILES string of the molecule is Cc1c(C)c(C)c(S(=O)(=O)Nc2ccc3c(c2)N(S(C)(=O)=O)CCC3)c(C)c1C. The van der Waals surface area contributed by atoms with Gasteiger partial charge in [0.2, 0.25) is 10.0 Å². The molecule has 3 rings (SSSR count). The Balaban J connectivity index is 2.08. The highest BCUT2D eigenvalue weighted by Gasteiger charge is 2.27. The largest absolute Gasteiger partial charge is 0.280 e. The first-order chi connectivity index (χ1) is 13.3. The molecule has 8 heteroatoms. The first-order valence-corrected chi connectivity index (χ1v) is 12.9. The van der Waals surface area contributed by atoms with Crippen LogP contribution in [-0.4, -0.2) is 29.6 Å². The molecule has 2 aromatic carbocycles. The fourth-order valence-corrected chi connectivity index (χ4v) is 6.66. The molecule has 1 N–H and O–H groups in total. The molecule has 0 unspecified atom stereocenters. The van der Waals surface area contributed by atoms with E-state index in [-0.39, 0.29) is 4.90 Å². The number of sulfonamides is 2. The van der Waals surface area contributed by atoms with E-state index in [4.69, 9.17) is 0 Å². The van der Waals surface area contributed by atoms with E-state index in [1.165, 1.54) is 10.6 Å². The van der Waals surface area contributed by atoms with Crippen LogP contribution in [0.4, 0.5) is 11.4 Å². The minimum atomic E-state index is -3.83. The lowest BCUT2D eigenvalue weighted by molar-refractivity contribution is 0.592. The number of anilines is 2. The number of hydrogen-bond acceptors (Lipinski definition) is 4. The van der Waals surface area contributed by atoms with Gasteiger partial charge in [-0.15, -0.1) is 0 Å². The Bertz CT molecular complexity index is 1170. The Morgan fingerprint density at radius 3 is 1.97 bits per heavy atom. The predicted octanol–water partition coefficient (Wildman–Crippen LogP) is 3.74. The molecule has 0 spiro atoms. The van der Waals surface area contributed by atoms with E-state index in [9.17, 15) is 16.8 Å². The number of hydrogen-bond donors (Lipinski definition) is 1. The highest BCUT2D eigenvalue weighted by molar-refractivity contribution is 7.93. The average molecular weight is 437 g/mol. The lowest BCUT2D eigenvalue weighted by Crippen LogP contribution is -2.34. The maximum atomic E-state index is 13.3. The molecular formula is C21H28N2O4S2. The van der Waals surface area contributed by atoms with Gasteiger partial charge >= 0.3 is 0 Å². The molecular weight excluding hydrogens is 408 g/mol. The van der Waals surface area contributed by atoms with Crippen molar-refractivity contribution >= 4 is 31.4 Å². The summed E-state index contributed by atoms with van der Waals surface area (Å²) in [5.74, 6) is 0. The monoisotopic (exact) mass is 436 g/mol. The van der Waals surface area contributed by atoms with E-state index in [1.807, 2.05) is 34.6 Å². The lowest BCUT2D eigenvalue weighted by atomic mass is 9.95. The number of nitrogens with one attached hydrogen (secondary N) is 1. The highest BCUT2D eigenvalue weighted by atomic mass is 32.2. The van der Waals surface area contributed by atoms with Crippen LogP contribution in [0, 0.1) is 34.6 Å². The second-order valence-electron chi connectivity index (χ2n) is 7.84. The second-order valence-corrected chi connectivity index (χ2v) is 11.4. The fraction of sp³-hybridized carbons (Fsp3) is 0.429.